The van der Waals surface area contributed by atoms with E-state index < -0.39 is 0 Å². The van der Waals surface area contributed by atoms with Gasteiger partial charge in [-0.15, -0.1) is 5.10 Å². The smallest absolute Gasteiger partial charge is 0.235 e. The van der Waals surface area contributed by atoms with E-state index in [1.165, 1.54) is 11.8 Å². The highest BCUT2D eigenvalue weighted by Crippen LogP contribution is 2.15. The van der Waals surface area contributed by atoms with Crippen LogP contribution in [-0.4, -0.2) is 36.6 Å². The molecule has 1 amide bonds. The lowest BCUT2D eigenvalue weighted by Gasteiger charge is -2.03. The lowest BCUT2D eigenvalue weighted by Crippen LogP contribution is -2.16. The largest absolute Gasteiger partial charge is 0.462 e. The fourth-order valence-corrected chi connectivity index (χ4v) is 2.74. The molecule has 2 N–H and O–H groups in total. The van der Waals surface area contributed by atoms with E-state index >= 15 is 0 Å². The number of aromatic nitrogens is 5. The van der Waals surface area contributed by atoms with E-state index in [9.17, 15) is 4.79 Å². The summed E-state index contributed by atoms with van der Waals surface area (Å²) in [5, 5.41) is 14.4. The number of rotatable bonds is 6. The van der Waals surface area contributed by atoms with Crippen molar-refractivity contribution in [2.75, 3.05) is 11.1 Å². The molecular weight excluding hydrogens is 340 g/mol. The van der Waals surface area contributed by atoms with Crippen LogP contribution < -0.4 is 5.32 Å². The first-order valence-corrected chi connectivity index (χ1v) is 8.58. The van der Waals surface area contributed by atoms with E-state index in [-0.39, 0.29) is 11.7 Å². The summed E-state index contributed by atoms with van der Waals surface area (Å²) in [4.78, 5) is 16.3. The van der Waals surface area contributed by atoms with E-state index in [0.29, 0.717) is 16.8 Å². The molecule has 3 aromatic heterocycles. The van der Waals surface area contributed by atoms with Gasteiger partial charge in [0.25, 0.3) is 0 Å². The Hall–Kier alpha value is -2.81. The van der Waals surface area contributed by atoms with Gasteiger partial charge in [-0.1, -0.05) is 11.8 Å². The molecule has 130 valence electrons. The summed E-state index contributed by atoms with van der Waals surface area (Å²) in [6, 6.07) is 5.58. The number of carbonyl (C=O) groups excluding carboxylic acids is 1. The first-order valence-electron chi connectivity index (χ1n) is 7.60. The van der Waals surface area contributed by atoms with Crippen LogP contribution in [-0.2, 0) is 11.8 Å². The number of hydrogen-bond acceptors (Lipinski definition) is 6. The first kappa shape index (κ1) is 17.0. The predicted octanol–water partition coefficient (Wildman–Crippen LogP) is 2.65. The normalized spacial score (nSPS) is 11.3. The second-order valence-corrected chi connectivity index (χ2v) is 6.36. The molecule has 0 unspecified atom stereocenters. The van der Waals surface area contributed by atoms with Gasteiger partial charge in [0.1, 0.15) is 23.2 Å². The molecule has 0 fully saturated rings. The van der Waals surface area contributed by atoms with Gasteiger partial charge < -0.3 is 9.73 Å². The minimum atomic E-state index is -0.138. The van der Waals surface area contributed by atoms with Gasteiger partial charge in [-0.3, -0.25) is 14.6 Å². The van der Waals surface area contributed by atoms with Crippen molar-refractivity contribution >= 4 is 35.6 Å². The minimum absolute atomic E-state index is 0.138. The number of furan rings is 1. The number of nitrogens with zero attached hydrogens (tertiary/aromatic N) is 4. The molecule has 3 aromatic rings. The van der Waals surface area contributed by atoms with Crippen LogP contribution in [0.5, 0.6) is 0 Å². The van der Waals surface area contributed by atoms with Gasteiger partial charge in [0.05, 0.1) is 11.4 Å². The zero-order chi connectivity index (χ0) is 17.8. The lowest BCUT2D eigenvalue weighted by molar-refractivity contribution is -0.113. The van der Waals surface area contributed by atoms with Crippen LogP contribution in [0.2, 0.25) is 0 Å². The van der Waals surface area contributed by atoms with Gasteiger partial charge in [-0.2, -0.15) is 5.10 Å². The van der Waals surface area contributed by atoms with E-state index in [2.05, 4.69) is 25.6 Å². The maximum Gasteiger partial charge on any atom is 0.235 e. The molecule has 0 saturated carbocycles. The molecule has 3 heterocycles. The molecule has 25 heavy (non-hydrogen) atoms. The van der Waals surface area contributed by atoms with Crippen molar-refractivity contribution < 1.29 is 9.21 Å². The Morgan fingerprint density at radius 1 is 1.40 bits per heavy atom. The van der Waals surface area contributed by atoms with Gasteiger partial charge in [-0.05, 0) is 38.1 Å². The molecule has 9 heteroatoms. The van der Waals surface area contributed by atoms with E-state index in [1.54, 1.807) is 23.9 Å². The Morgan fingerprint density at radius 3 is 2.92 bits per heavy atom. The van der Waals surface area contributed by atoms with Crippen LogP contribution in [0.3, 0.4) is 0 Å². The first-order chi connectivity index (χ1) is 12.0. The van der Waals surface area contributed by atoms with Crippen LogP contribution in [0, 0.1) is 13.8 Å². The van der Waals surface area contributed by atoms with Crippen molar-refractivity contribution in [3.63, 3.8) is 0 Å². The second-order valence-electron chi connectivity index (χ2n) is 5.42. The SMILES string of the molecule is Cc1cc(NC(=O)CSc2n[nH]c(C=Cc3ccc(C)o3)n2)n(C)n1. The number of nitrogens with one attached hydrogen (secondary N) is 2. The van der Waals surface area contributed by atoms with Gasteiger partial charge in [-0.25, -0.2) is 4.98 Å². The molecule has 0 saturated heterocycles. The maximum atomic E-state index is 12.0. The number of amides is 1. The number of H-pyrrole nitrogens is 1. The van der Waals surface area contributed by atoms with Crippen LogP contribution >= 0.6 is 11.8 Å². The number of carbonyl (C=O) groups is 1. The zero-order valence-corrected chi connectivity index (χ0v) is 14.9. The molecule has 0 atom stereocenters. The Kier molecular flexibility index (Phi) is 5.03. The minimum Gasteiger partial charge on any atom is -0.462 e. The summed E-state index contributed by atoms with van der Waals surface area (Å²) in [7, 11) is 1.78. The van der Waals surface area contributed by atoms with Crippen molar-refractivity contribution in [1.29, 1.82) is 0 Å². The summed E-state index contributed by atoms with van der Waals surface area (Å²) in [5.41, 5.74) is 0.850. The average Bonchev–Trinajstić information content (AvgIpc) is 3.25. The van der Waals surface area contributed by atoms with Crippen molar-refractivity contribution in [1.82, 2.24) is 25.0 Å². The van der Waals surface area contributed by atoms with E-state index in [4.69, 9.17) is 4.42 Å². The summed E-state index contributed by atoms with van der Waals surface area (Å²) < 4.78 is 7.07. The third-order valence-electron chi connectivity index (χ3n) is 3.25. The highest BCUT2D eigenvalue weighted by atomic mass is 32.2. The predicted molar refractivity (Wildman–Crippen MR) is 96.1 cm³/mol. The maximum absolute atomic E-state index is 12.0. The quantitative estimate of drug-likeness (QED) is 0.657. The third-order valence-corrected chi connectivity index (χ3v) is 4.10. The second kappa shape index (κ2) is 7.39. The Balaban J connectivity index is 1.52. The van der Waals surface area contributed by atoms with Gasteiger partial charge >= 0.3 is 0 Å². The fraction of sp³-hybridized carbons (Fsp3) is 0.250. The molecule has 0 aromatic carbocycles. The summed E-state index contributed by atoms with van der Waals surface area (Å²) >= 11 is 1.25. The molecule has 8 nitrogen and oxygen atoms in total. The number of thioether (sulfide) groups is 1. The monoisotopic (exact) mass is 358 g/mol. The van der Waals surface area contributed by atoms with Crippen LogP contribution in [0.1, 0.15) is 23.0 Å². The zero-order valence-electron chi connectivity index (χ0n) is 14.1. The Bertz CT molecular complexity index is 908. The third kappa shape index (κ3) is 4.60. The van der Waals surface area contributed by atoms with Gasteiger partial charge in [0.15, 0.2) is 0 Å². The topological polar surface area (TPSA) is 102 Å². The van der Waals surface area contributed by atoms with Crippen molar-refractivity contribution in [3.8, 4) is 0 Å². The Labute approximate surface area is 148 Å². The molecule has 0 aliphatic rings. The van der Waals surface area contributed by atoms with Crippen molar-refractivity contribution in [2.24, 2.45) is 7.05 Å². The summed E-state index contributed by atoms with van der Waals surface area (Å²) in [6.45, 7) is 3.76. The van der Waals surface area contributed by atoms with Crippen LogP contribution in [0.25, 0.3) is 12.2 Å². The van der Waals surface area contributed by atoms with E-state index in [0.717, 1.165) is 17.2 Å². The lowest BCUT2D eigenvalue weighted by atomic mass is 10.4. The molecule has 0 radical (unpaired) electrons. The fourth-order valence-electron chi connectivity index (χ4n) is 2.14. The van der Waals surface area contributed by atoms with Gasteiger partial charge in [0, 0.05) is 13.1 Å². The molecule has 3 rings (SSSR count). The van der Waals surface area contributed by atoms with Crippen molar-refractivity contribution in [2.45, 2.75) is 19.0 Å². The molecule has 0 bridgehead atoms. The summed E-state index contributed by atoms with van der Waals surface area (Å²) in [5.74, 6) is 2.93. The van der Waals surface area contributed by atoms with Crippen LogP contribution in [0.4, 0.5) is 5.82 Å². The van der Waals surface area contributed by atoms with Gasteiger partial charge in [0.2, 0.25) is 11.1 Å². The number of aromatic amines is 1. The number of hydrogen-bond donors (Lipinski definition) is 2. The highest BCUT2D eigenvalue weighted by molar-refractivity contribution is 7.99. The standard InChI is InChI=1S/C16H18N6O2S/c1-10-8-14(22(3)21-10)18-15(23)9-25-16-17-13(19-20-16)7-6-12-5-4-11(2)24-12/h4-8H,9H2,1-3H3,(H,18,23)(H,17,19,20). The number of anilines is 1. The van der Waals surface area contributed by atoms with Crippen LogP contribution in [0.15, 0.2) is 27.8 Å². The summed E-state index contributed by atoms with van der Waals surface area (Å²) in [6.07, 6.45) is 3.58. The highest BCUT2D eigenvalue weighted by Gasteiger charge is 2.10. The van der Waals surface area contributed by atoms with E-state index in [1.807, 2.05) is 32.0 Å². The molecule has 0 aliphatic carbocycles. The molecule has 0 spiro atoms. The molecule has 0 aliphatic heterocycles. The number of aryl methyl sites for hydroxylation is 3. The molecular formula is C16H18N6O2S. The average molecular weight is 358 g/mol. The van der Waals surface area contributed by atoms with Crippen molar-refractivity contribution in [3.05, 3.63) is 41.2 Å². The Morgan fingerprint density at radius 2 is 2.24 bits per heavy atom.